The fourth-order valence-electron chi connectivity index (χ4n) is 3.53. The van der Waals surface area contributed by atoms with Crippen LogP contribution in [0.15, 0.2) is 69.1 Å². The summed E-state index contributed by atoms with van der Waals surface area (Å²) in [7, 11) is 1.45. The van der Waals surface area contributed by atoms with Gasteiger partial charge >= 0.3 is 11.7 Å². The fraction of sp³-hybridized carbons (Fsp3) is 0.0417. The Hall–Kier alpha value is -4.63. The highest BCUT2D eigenvalue weighted by molar-refractivity contribution is 9.11. The van der Waals surface area contributed by atoms with Gasteiger partial charge in [0.15, 0.2) is 0 Å². The van der Waals surface area contributed by atoms with E-state index in [-0.39, 0.29) is 27.2 Å². The van der Waals surface area contributed by atoms with Gasteiger partial charge in [-0.05, 0) is 64.5 Å². The van der Waals surface area contributed by atoms with Gasteiger partial charge in [0.25, 0.3) is 17.5 Å². The summed E-state index contributed by atoms with van der Waals surface area (Å²) < 4.78 is 11.6. The van der Waals surface area contributed by atoms with Crippen LogP contribution in [0.25, 0.3) is 6.08 Å². The molecule has 0 bridgehead atoms. The number of nitrogens with one attached hydrogen (secondary N) is 1. The van der Waals surface area contributed by atoms with Gasteiger partial charge in [-0.25, -0.2) is 9.69 Å². The minimum Gasteiger partial charge on any atom is -0.497 e. The number of hydrogen-bond acceptors (Lipinski definition) is 9. The zero-order valence-electron chi connectivity index (χ0n) is 19.5. The van der Waals surface area contributed by atoms with Crippen molar-refractivity contribution in [2.75, 3.05) is 12.0 Å². The molecular formula is C24H14Br2N4O9. The maximum Gasteiger partial charge on any atom is 0.335 e. The standard InChI is InChI=1S/C24H14Br2N4O9/c1-38-16-5-2-14(3-6-16)28-23(32)17(22(31)27-24(28)33)9-12-8-13(25)10-18(26)21(12)39-20-7-4-15(29(34)35)11-19(20)30(36)37/h2-11H,1H3,(H,27,31,33)/b17-9+. The summed E-state index contributed by atoms with van der Waals surface area (Å²) >= 11 is 6.60. The lowest BCUT2D eigenvalue weighted by molar-refractivity contribution is -0.394. The summed E-state index contributed by atoms with van der Waals surface area (Å²) in [5.41, 5.74) is -1.34. The summed E-state index contributed by atoms with van der Waals surface area (Å²) in [6, 6.07) is 10.9. The molecule has 3 aromatic carbocycles. The van der Waals surface area contributed by atoms with Crippen LogP contribution >= 0.6 is 31.9 Å². The van der Waals surface area contributed by atoms with Crippen molar-refractivity contribution in [2.24, 2.45) is 0 Å². The number of amides is 4. The van der Waals surface area contributed by atoms with Gasteiger partial charge in [0.1, 0.15) is 17.1 Å². The van der Waals surface area contributed by atoms with Crippen LogP contribution in [0.4, 0.5) is 21.9 Å². The van der Waals surface area contributed by atoms with Gasteiger partial charge in [0.05, 0.1) is 33.2 Å². The highest BCUT2D eigenvalue weighted by atomic mass is 79.9. The molecule has 0 saturated carbocycles. The zero-order chi connectivity index (χ0) is 28.4. The van der Waals surface area contributed by atoms with Crippen molar-refractivity contribution in [1.82, 2.24) is 5.32 Å². The average Bonchev–Trinajstić information content (AvgIpc) is 2.88. The highest BCUT2D eigenvalue weighted by Crippen LogP contribution is 2.41. The smallest absolute Gasteiger partial charge is 0.335 e. The second-order valence-corrected chi connectivity index (χ2v) is 9.50. The number of benzene rings is 3. The number of urea groups is 1. The van der Waals surface area contributed by atoms with Crippen molar-refractivity contribution in [1.29, 1.82) is 0 Å². The molecule has 13 nitrogen and oxygen atoms in total. The number of carbonyl (C=O) groups is 3. The largest absolute Gasteiger partial charge is 0.497 e. The zero-order valence-corrected chi connectivity index (χ0v) is 22.7. The molecule has 1 fully saturated rings. The molecule has 0 atom stereocenters. The van der Waals surface area contributed by atoms with E-state index < -0.39 is 44.6 Å². The Kier molecular flexibility index (Phi) is 7.73. The van der Waals surface area contributed by atoms with Crippen molar-refractivity contribution >= 4 is 72.8 Å². The number of hydrogen-bond donors (Lipinski definition) is 1. The second kappa shape index (κ2) is 11.0. The van der Waals surface area contributed by atoms with Gasteiger partial charge < -0.3 is 9.47 Å². The number of carbonyl (C=O) groups excluding carboxylic acids is 3. The van der Waals surface area contributed by atoms with Crippen molar-refractivity contribution in [3.05, 3.63) is 94.9 Å². The molecule has 0 spiro atoms. The lowest BCUT2D eigenvalue weighted by atomic mass is 10.1. The first-order valence-corrected chi connectivity index (χ1v) is 12.2. The molecule has 1 N–H and O–H groups in total. The van der Waals surface area contributed by atoms with E-state index in [9.17, 15) is 34.6 Å². The monoisotopic (exact) mass is 660 g/mol. The van der Waals surface area contributed by atoms with E-state index in [4.69, 9.17) is 9.47 Å². The minimum absolute atomic E-state index is 0.0452. The molecule has 0 aliphatic carbocycles. The maximum absolute atomic E-state index is 13.3. The lowest BCUT2D eigenvalue weighted by Crippen LogP contribution is -2.54. The number of ether oxygens (including phenoxy) is 2. The van der Waals surface area contributed by atoms with Crippen LogP contribution < -0.4 is 19.7 Å². The van der Waals surface area contributed by atoms with Crippen LogP contribution in [0.1, 0.15) is 5.56 Å². The van der Waals surface area contributed by atoms with Crippen LogP contribution in [-0.2, 0) is 9.59 Å². The number of anilines is 1. The van der Waals surface area contributed by atoms with Gasteiger partial charge in [-0.2, -0.15) is 0 Å². The van der Waals surface area contributed by atoms with Crippen molar-refractivity contribution < 1.29 is 33.7 Å². The Labute approximate surface area is 235 Å². The number of nitrogens with zero attached hydrogens (tertiary/aromatic N) is 3. The fourth-order valence-corrected chi connectivity index (χ4v) is 4.87. The number of imide groups is 2. The van der Waals surface area contributed by atoms with Gasteiger partial charge in [-0.15, -0.1) is 0 Å². The predicted molar refractivity (Wildman–Crippen MR) is 144 cm³/mol. The van der Waals surface area contributed by atoms with Gasteiger partial charge in [0.2, 0.25) is 5.75 Å². The van der Waals surface area contributed by atoms with Crippen LogP contribution in [0.2, 0.25) is 0 Å². The number of non-ortho nitro benzene ring substituents is 1. The van der Waals surface area contributed by atoms with Crippen molar-refractivity contribution in [3.63, 3.8) is 0 Å². The van der Waals surface area contributed by atoms with E-state index in [1.807, 2.05) is 0 Å². The molecule has 0 aromatic heterocycles. The second-order valence-electron chi connectivity index (χ2n) is 7.73. The van der Waals surface area contributed by atoms with E-state index in [2.05, 4.69) is 37.2 Å². The lowest BCUT2D eigenvalue weighted by Gasteiger charge is -2.26. The molecule has 1 aliphatic heterocycles. The summed E-state index contributed by atoms with van der Waals surface area (Å²) in [4.78, 5) is 60.3. The summed E-state index contributed by atoms with van der Waals surface area (Å²) in [5, 5.41) is 24.8. The Morgan fingerprint density at radius 2 is 1.64 bits per heavy atom. The topological polar surface area (TPSA) is 171 Å². The van der Waals surface area contributed by atoms with E-state index in [0.29, 0.717) is 10.2 Å². The number of nitro groups is 2. The quantitative estimate of drug-likeness (QED) is 0.149. The third kappa shape index (κ3) is 5.63. The van der Waals surface area contributed by atoms with Crippen LogP contribution in [0, 0.1) is 20.2 Å². The van der Waals surface area contributed by atoms with E-state index in [1.165, 1.54) is 37.4 Å². The Bertz CT molecular complexity index is 1590. The first kappa shape index (κ1) is 27.4. The van der Waals surface area contributed by atoms with Crippen LogP contribution in [0.3, 0.4) is 0 Å². The average molecular weight is 662 g/mol. The van der Waals surface area contributed by atoms with Crippen molar-refractivity contribution in [3.8, 4) is 17.2 Å². The number of rotatable bonds is 7. The van der Waals surface area contributed by atoms with Crippen molar-refractivity contribution in [2.45, 2.75) is 0 Å². The molecule has 1 heterocycles. The molecule has 3 aromatic rings. The summed E-state index contributed by atoms with van der Waals surface area (Å²) in [5.74, 6) is -1.80. The number of nitro benzene ring substituents is 2. The predicted octanol–water partition coefficient (Wildman–Crippen LogP) is 5.50. The third-order valence-electron chi connectivity index (χ3n) is 5.33. The molecule has 15 heteroatoms. The van der Waals surface area contributed by atoms with Crippen LogP contribution in [-0.4, -0.2) is 34.8 Å². The number of halogens is 2. The molecular weight excluding hydrogens is 648 g/mol. The third-order valence-corrected chi connectivity index (χ3v) is 6.38. The molecule has 4 rings (SSSR count). The first-order chi connectivity index (χ1) is 18.5. The van der Waals surface area contributed by atoms with Gasteiger partial charge in [0, 0.05) is 16.1 Å². The van der Waals surface area contributed by atoms with E-state index >= 15 is 0 Å². The normalized spacial score (nSPS) is 14.3. The minimum atomic E-state index is -0.974. The van der Waals surface area contributed by atoms with Gasteiger partial charge in [-0.3, -0.25) is 35.1 Å². The molecule has 1 aliphatic rings. The Morgan fingerprint density at radius 3 is 2.26 bits per heavy atom. The van der Waals surface area contributed by atoms with Gasteiger partial charge in [-0.1, -0.05) is 15.9 Å². The first-order valence-electron chi connectivity index (χ1n) is 10.7. The van der Waals surface area contributed by atoms with E-state index in [0.717, 1.165) is 29.2 Å². The Balaban J connectivity index is 1.79. The molecule has 4 amide bonds. The number of methoxy groups -OCH3 is 1. The number of barbiturate groups is 1. The van der Waals surface area contributed by atoms with E-state index in [1.54, 1.807) is 6.07 Å². The maximum atomic E-state index is 13.3. The molecule has 0 unspecified atom stereocenters. The molecule has 0 radical (unpaired) electrons. The Morgan fingerprint density at radius 1 is 0.949 bits per heavy atom. The highest BCUT2D eigenvalue weighted by Gasteiger charge is 2.37. The summed E-state index contributed by atoms with van der Waals surface area (Å²) in [6.07, 6.45) is 1.16. The SMILES string of the molecule is COc1ccc(N2C(=O)NC(=O)/C(=C\c3cc(Br)cc(Br)c3Oc3ccc([N+](=O)[O-])cc3[N+](=O)[O-])C2=O)cc1. The summed E-state index contributed by atoms with van der Waals surface area (Å²) in [6.45, 7) is 0. The van der Waals surface area contributed by atoms with Crippen LogP contribution in [0.5, 0.6) is 17.2 Å². The molecule has 39 heavy (non-hydrogen) atoms. The molecule has 1 saturated heterocycles. The molecule has 198 valence electrons.